The smallest absolute Gasteiger partial charge is 0.0824 e. The maximum absolute atomic E-state index is 5.88. The molecule has 1 aliphatic carbocycles. The molecule has 2 N–H and O–H groups in total. The van der Waals surface area contributed by atoms with E-state index < -0.39 is 0 Å². The first kappa shape index (κ1) is 25.0. The number of rotatable bonds is 9. The summed E-state index contributed by atoms with van der Waals surface area (Å²) in [5.74, 6) is 1.16. The molecule has 1 saturated heterocycles. The Hall–Kier alpha value is -1.66. The van der Waals surface area contributed by atoms with Crippen LogP contribution in [0.25, 0.3) is 10.9 Å². The number of hydrogen-bond donors (Lipinski definition) is 2. The molecule has 1 saturated carbocycles. The van der Waals surface area contributed by atoms with Crippen LogP contribution in [0, 0.1) is 12.8 Å². The average Bonchev–Trinajstić information content (AvgIpc) is 3.22. The Morgan fingerprint density at radius 2 is 2.03 bits per heavy atom. The normalized spacial score (nSPS) is 20.3. The third-order valence-corrected chi connectivity index (χ3v) is 8.35. The highest BCUT2D eigenvalue weighted by molar-refractivity contribution is 9.10. The lowest BCUT2D eigenvalue weighted by Crippen LogP contribution is -2.44. The highest BCUT2D eigenvalue weighted by atomic mass is 79.9. The van der Waals surface area contributed by atoms with Crippen molar-refractivity contribution in [1.82, 2.24) is 15.2 Å². The van der Waals surface area contributed by atoms with Crippen LogP contribution in [-0.2, 0) is 11.3 Å². The molecule has 1 aromatic heterocycles. The van der Waals surface area contributed by atoms with Crippen LogP contribution in [0.5, 0.6) is 0 Å². The van der Waals surface area contributed by atoms with Crippen LogP contribution in [0.1, 0.15) is 61.1 Å². The molecule has 2 unspecified atom stereocenters. The zero-order chi connectivity index (χ0) is 24.0. The zero-order valence-corrected chi connectivity index (χ0v) is 22.7. The van der Waals surface area contributed by atoms with Crippen LogP contribution in [0.4, 0.5) is 0 Å². The van der Waals surface area contributed by atoms with Gasteiger partial charge in [0, 0.05) is 53.7 Å². The van der Waals surface area contributed by atoms with Crippen molar-refractivity contribution >= 4 is 26.8 Å². The predicted octanol–water partition coefficient (Wildman–Crippen LogP) is 6.39. The minimum absolute atomic E-state index is 0.273. The van der Waals surface area contributed by atoms with Gasteiger partial charge in [-0.25, -0.2) is 0 Å². The lowest BCUT2D eigenvalue weighted by atomic mass is 9.87. The molecule has 2 aromatic carbocycles. The Morgan fingerprint density at radius 3 is 2.83 bits per heavy atom. The van der Waals surface area contributed by atoms with Gasteiger partial charge in [-0.15, -0.1) is 0 Å². The quantitative estimate of drug-likeness (QED) is 0.310. The molecule has 0 bridgehead atoms. The fourth-order valence-electron chi connectivity index (χ4n) is 6.02. The van der Waals surface area contributed by atoms with Gasteiger partial charge in [-0.05, 0) is 68.0 Å². The standard InChI is InChI=1S/C30H40BrN3O/c1-22-6-5-9-24(16-22)27(12-13-32-18-26-19-33-14-15-35-26)29-21-34(20-23-7-3-2-4-8-23)30-11-10-25(31)17-28(29)30/h5-6,9-11,16-17,21,23,26-27,32-33H,2-4,7-8,12-15,18-20H2,1H3. The number of fused-ring (bicyclic) bond motifs is 1. The van der Waals surface area contributed by atoms with Crippen LogP contribution in [0.2, 0.25) is 0 Å². The summed E-state index contributed by atoms with van der Waals surface area (Å²) < 4.78 is 9.60. The highest BCUT2D eigenvalue weighted by Gasteiger charge is 2.22. The van der Waals surface area contributed by atoms with Crippen LogP contribution < -0.4 is 10.6 Å². The van der Waals surface area contributed by atoms with Gasteiger partial charge in [0.15, 0.2) is 0 Å². The molecule has 35 heavy (non-hydrogen) atoms. The number of nitrogens with one attached hydrogen (secondary N) is 2. The van der Waals surface area contributed by atoms with Gasteiger partial charge in [-0.2, -0.15) is 0 Å². The van der Waals surface area contributed by atoms with Crippen molar-refractivity contribution in [3.8, 4) is 0 Å². The zero-order valence-electron chi connectivity index (χ0n) is 21.1. The van der Waals surface area contributed by atoms with E-state index in [2.05, 4.69) is 86.7 Å². The largest absolute Gasteiger partial charge is 0.374 e. The van der Waals surface area contributed by atoms with Gasteiger partial charge in [0.2, 0.25) is 0 Å². The van der Waals surface area contributed by atoms with Crippen LogP contribution in [-0.4, -0.2) is 43.5 Å². The van der Waals surface area contributed by atoms with E-state index in [1.54, 1.807) is 0 Å². The van der Waals surface area contributed by atoms with E-state index in [4.69, 9.17) is 4.74 Å². The number of aryl methyl sites for hydroxylation is 1. The van der Waals surface area contributed by atoms with E-state index in [1.165, 1.54) is 59.7 Å². The summed E-state index contributed by atoms with van der Waals surface area (Å²) >= 11 is 3.76. The van der Waals surface area contributed by atoms with Crippen LogP contribution >= 0.6 is 15.9 Å². The lowest BCUT2D eigenvalue weighted by molar-refractivity contribution is 0.0293. The molecular weight excluding hydrogens is 498 g/mol. The van der Waals surface area contributed by atoms with Gasteiger partial charge >= 0.3 is 0 Å². The van der Waals surface area contributed by atoms with E-state index in [-0.39, 0.29) is 6.10 Å². The number of benzene rings is 2. The molecule has 2 heterocycles. The summed E-state index contributed by atoms with van der Waals surface area (Å²) in [6, 6.07) is 15.9. The van der Waals surface area contributed by atoms with Crippen molar-refractivity contribution in [1.29, 1.82) is 0 Å². The van der Waals surface area contributed by atoms with E-state index >= 15 is 0 Å². The minimum Gasteiger partial charge on any atom is -0.374 e. The number of hydrogen-bond acceptors (Lipinski definition) is 3. The molecule has 0 amide bonds. The lowest BCUT2D eigenvalue weighted by Gasteiger charge is -2.24. The second-order valence-corrected chi connectivity index (χ2v) is 11.5. The van der Waals surface area contributed by atoms with Crippen molar-refractivity contribution in [3.63, 3.8) is 0 Å². The first-order chi connectivity index (χ1) is 17.2. The SMILES string of the molecule is Cc1cccc(C(CCNCC2CNCCO2)c2cn(CC3CCCCC3)c3ccc(Br)cc23)c1. The van der Waals surface area contributed by atoms with Crippen LogP contribution in [0.3, 0.4) is 0 Å². The first-order valence-corrected chi connectivity index (χ1v) is 14.3. The van der Waals surface area contributed by atoms with E-state index in [0.29, 0.717) is 5.92 Å². The fourth-order valence-corrected chi connectivity index (χ4v) is 6.38. The number of morpholine rings is 1. The molecule has 2 atom stereocenters. The van der Waals surface area contributed by atoms with E-state index in [1.807, 2.05) is 0 Å². The Labute approximate surface area is 218 Å². The maximum Gasteiger partial charge on any atom is 0.0824 e. The predicted molar refractivity (Wildman–Crippen MR) is 149 cm³/mol. The summed E-state index contributed by atoms with van der Waals surface area (Å²) in [5, 5.41) is 8.51. The van der Waals surface area contributed by atoms with Crippen molar-refractivity contribution in [3.05, 3.63) is 69.8 Å². The number of nitrogens with zero attached hydrogens (tertiary/aromatic N) is 1. The van der Waals surface area contributed by atoms with Crippen molar-refractivity contribution in [2.45, 2.75) is 64.0 Å². The van der Waals surface area contributed by atoms with Gasteiger partial charge in [0.1, 0.15) is 0 Å². The number of ether oxygens (including phenoxy) is 1. The summed E-state index contributed by atoms with van der Waals surface area (Å²) in [6.45, 7) is 7.94. The molecule has 2 aliphatic rings. The van der Waals surface area contributed by atoms with Gasteiger partial charge in [-0.3, -0.25) is 0 Å². The molecule has 0 spiro atoms. The molecule has 3 aromatic rings. The topological polar surface area (TPSA) is 38.2 Å². The minimum atomic E-state index is 0.273. The number of halogens is 1. The Bertz CT molecular complexity index is 1100. The van der Waals surface area contributed by atoms with E-state index in [0.717, 1.165) is 56.1 Å². The average molecular weight is 539 g/mol. The molecule has 0 radical (unpaired) electrons. The molecular formula is C30H40BrN3O. The van der Waals surface area contributed by atoms with Gasteiger partial charge in [0.05, 0.1) is 12.7 Å². The molecule has 1 aliphatic heterocycles. The Balaban J connectivity index is 1.42. The maximum atomic E-state index is 5.88. The summed E-state index contributed by atoms with van der Waals surface area (Å²) in [5.41, 5.74) is 5.58. The van der Waals surface area contributed by atoms with Crippen LogP contribution in [0.15, 0.2) is 53.1 Å². The van der Waals surface area contributed by atoms with Gasteiger partial charge in [-0.1, -0.05) is 65.0 Å². The Morgan fingerprint density at radius 1 is 1.14 bits per heavy atom. The van der Waals surface area contributed by atoms with Crippen molar-refractivity contribution in [2.24, 2.45) is 5.92 Å². The fraction of sp³-hybridized carbons (Fsp3) is 0.533. The third kappa shape index (κ3) is 6.37. The summed E-state index contributed by atoms with van der Waals surface area (Å²) in [4.78, 5) is 0. The van der Waals surface area contributed by atoms with Crippen molar-refractivity contribution in [2.75, 3.05) is 32.8 Å². The molecule has 4 nitrogen and oxygen atoms in total. The molecule has 188 valence electrons. The number of aromatic nitrogens is 1. The first-order valence-electron chi connectivity index (χ1n) is 13.6. The summed E-state index contributed by atoms with van der Waals surface area (Å²) in [6.07, 6.45) is 10.7. The molecule has 5 heteroatoms. The molecule has 2 fully saturated rings. The third-order valence-electron chi connectivity index (χ3n) is 7.86. The monoisotopic (exact) mass is 537 g/mol. The van der Waals surface area contributed by atoms with Crippen molar-refractivity contribution < 1.29 is 4.74 Å². The second-order valence-electron chi connectivity index (χ2n) is 10.6. The van der Waals surface area contributed by atoms with Gasteiger partial charge < -0.3 is 19.9 Å². The van der Waals surface area contributed by atoms with E-state index in [9.17, 15) is 0 Å². The Kier molecular flexibility index (Phi) is 8.61. The highest BCUT2D eigenvalue weighted by Crippen LogP contribution is 2.37. The summed E-state index contributed by atoms with van der Waals surface area (Å²) in [7, 11) is 0. The second kappa shape index (κ2) is 12.1. The molecule has 5 rings (SSSR count). The van der Waals surface area contributed by atoms with Gasteiger partial charge in [0.25, 0.3) is 0 Å².